The molecule has 2 nitrogen and oxygen atoms in total. The predicted octanol–water partition coefficient (Wildman–Crippen LogP) is 3.46. The van der Waals surface area contributed by atoms with Crippen LogP contribution in [0.5, 0.6) is 0 Å². The number of rotatable bonds is 3. The Balaban J connectivity index is 1.60. The Labute approximate surface area is 118 Å². The Morgan fingerprint density at radius 1 is 1.16 bits per heavy atom. The van der Waals surface area contributed by atoms with Crippen molar-refractivity contribution < 1.29 is 4.79 Å². The van der Waals surface area contributed by atoms with E-state index in [1.54, 1.807) is 11.3 Å². The Morgan fingerprint density at radius 3 is 2.32 bits per heavy atom. The van der Waals surface area contributed by atoms with Crippen molar-refractivity contribution in [1.29, 1.82) is 0 Å². The van der Waals surface area contributed by atoms with Gasteiger partial charge in [0.2, 0.25) is 0 Å². The molecule has 2 N–H and O–H groups in total. The van der Waals surface area contributed by atoms with Crippen LogP contribution in [-0.4, -0.2) is 5.78 Å². The van der Waals surface area contributed by atoms with Crippen molar-refractivity contribution in [3.05, 3.63) is 21.9 Å². The lowest BCUT2D eigenvalue weighted by molar-refractivity contribution is -0.0249. The molecule has 0 radical (unpaired) electrons. The summed E-state index contributed by atoms with van der Waals surface area (Å²) in [5.74, 6) is 4.01. The molecular formula is C16H21NOS. The molecule has 19 heavy (non-hydrogen) atoms. The lowest BCUT2D eigenvalue weighted by Crippen LogP contribution is -2.47. The molecule has 5 rings (SSSR count). The van der Waals surface area contributed by atoms with Crippen LogP contribution in [-0.2, 0) is 6.54 Å². The molecule has 1 heterocycles. The van der Waals surface area contributed by atoms with Gasteiger partial charge in [0.15, 0.2) is 5.78 Å². The van der Waals surface area contributed by atoms with E-state index in [-0.39, 0.29) is 0 Å². The van der Waals surface area contributed by atoms with Gasteiger partial charge in [-0.2, -0.15) is 0 Å². The second-order valence-corrected chi connectivity index (χ2v) is 7.76. The van der Waals surface area contributed by atoms with Gasteiger partial charge in [0.05, 0.1) is 4.88 Å². The molecule has 0 unspecified atom stereocenters. The monoisotopic (exact) mass is 275 g/mol. The second kappa shape index (κ2) is 4.42. The third-order valence-electron chi connectivity index (χ3n) is 5.66. The highest BCUT2D eigenvalue weighted by atomic mass is 32.1. The van der Waals surface area contributed by atoms with Gasteiger partial charge in [-0.1, -0.05) is 0 Å². The van der Waals surface area contributed by atoms with Crippen LogP contribution in [0.1, 0.15) is 47.3 Å². The van der Waals surface area contributed by atoms with Gasteiger partial charge >= 0.3 is 0 Å². The summed E-state index contributed by atoms with van der Waals surface area (Å²) in [5, 5.41) is 2.04. The van der Waals surface area contributed by atoms with E-state index < -0.39 is 0 Å². The summed E-state index contributed by atoms with van der Waals surface area (Å²) >= 11 is 1.60. The zero-order valence-electron chi connectivity index (χ0n) is 11.2. The standard InChI is InChI=1S/C16H21NOS/c17-7-11-6-14(19-8-11)16(18)15-12-2-9-1-10(4-12)5-13(15)3-9/h6,8-10,12-13,15H,1-5,7,17H2. The molecule has 4 saturated carbocycles. The number of thiophene rings is 1. The highest BCUT2D eigenvalue weighted by molar-refractivity contribution is 7.12. The van der Waals surface area contributed by atoms with Gasteiger partial charge in [-0.05, 0) is 72.8 Å². The molecule has 4 aliphatic carbocycles. The van der Waals surface area contributed by atoms with E-state index in [1.807, 2.05) is 11.4 Å². The van der Waals surface area contributed by atoms with Crippen molar-refractivity contribution in [2.45, 2.75) is 38.6 Å². The molecule has 0 amide bonds. The lowest BCUT2D eigenvalue weighted by atomic mass is 9.51. The van der Waals surface area contributed by atoms with Crippen molar-refractivity contribution >= 4 is 17.1 Å². The first-order valence-corrected chi connectivity index (χ1v) is 8.44. The van der Waals surface area contributed by atoms with Crippen LogP contribution in [0, 0.1) is 29.6 Å². The fourth-order valence-electron chi connectivity index (χ4n) is 5.13. The molecule has 0 saturated heterocycles. The number of carbonyl (C=O) groups is 1. The minimum absolute atomic E-state index is 0.331. The molecule has 4 fully saturated rings. The van der Waals surface area contributed by atoms with Crippen LogP contribution in [0.15, 0.2) is 11.4 Å². The van der Waals surface area contributed by atoms with Crippen molar-refractivity contribution in [1.82, 2.24) is 0 Å². The fourth-order valence-corrected chi connectivity index (χ4v) is 6.04. The van der Waals surface area contributed by atoms with E-state index in [9.17, 15) is 4.79 Å². The number of carbonyl (C=O) groups excluding carboxylic acids is 1. The Kier molecular flexibility index (Phi) is 2.82. The molecule has 1 aromatic rings. The first-order valence-electron chi connectivity index (χ1n) is 7.56. The largest absolute Gasteiger partial charge is 0.326 e. The highest BCUT2D eigenvalue weighted by Crippen LogP contribution is 2.57. The van der Waals surface area contributed by atoms with Gasteiger partial charge in [0.25, 0.3) is 0 Å². The van der Waals surface area contributed by atoms with Crippen molar-refractivity contribution in [3.8, 4) is 0 Å². The van der Waals surface area contributed by atoms with Gasteiger partial charge < -0.3 is 5.73 Å². The molecule has 1 aromatic heterocycles. The SMILES string of the molecule is NCc1csc(C(=O)C2C3CC4CC(C3)CC2C4)c1. The highest BCUT2D eigenvalue weighted by Gasteiger charge is 2.50. The number of ketones is 1. The van der Waals surface area contributed by atoms with Crippen LogP contribution in [0.4, 0.5) is 0 Å². The lowest BCUT2D eigenvalue weighted by Gasteiger charge is -2.53. The third kappa shape index (κ3) is 1.90. The summed E-state index contributed by atoms with van der Waals surface area (Å²) < 4.78 is 0. The zero-order valence-corrected chi connectivity index (χ0v) is 12.0. The Hall–Kier alpha value is -0.670. The summed E-state index contributed by atoms with van der Waals surface area (Å²) in [6.45, 7) is 0.547. The maximum absolute atomic E-state index is 12.8. The summed E-state index contributed by atoms with van der Waals surface area (Å²) in [4.78, 5) is 13.8. The smallest absolute Gasteiger partial charge is 0.176 e. The number of hydrogen-bond acceptors (Lipinski definition) is 3. The molecule has 4 aliphatic rings. The van der Waals surface area contributed by atoms with E-state index in [2.05, 4.69) is 0 Å². The second-order valence-electron chi connectivity index (χ2n) is 6.84. The van der Waals surface area contributed by atoms with E-state index in [0.717, 1.165) is 22.3 Å². The van der Waals surface area contributed by atoms with Crippen molar-refractivity contribution in [3.63, 3.8) is 0 Å². The maximum Gasteiger partial charge on any atom is 0.176 e. The first-order chi connectivity index (χ1) is 9.24. The van der Waals surface area contributed by atoms with Gasteiger partial charge in [0, 0.05) is 12.5 Å². The number of Topliss-reactive ketones (excluding diaryl/α,β-unsaturated/α-hetero) is 1. The van der Waals surface area contributed by atoms with Crippen LogP contribution in [0.25, 0.3) is 0 Å². The molecule has 0 atom stereocenters. The number of nitrogens with two attached hydrogens (primary N) is 1. The van der Waals surface area contributed by atoms with Gasteiger partial charge in [-0.25, -0.2) is 0 Å². The normalized spacial score (nSPS) is 39.7. The third-order valence-corrected chi connectivity index (χ3v) is 6.66. The Morgan fingerprint density at radius 2 is 1.79 bits per heavy atom. The van der Waals surface area contributed by atoms with E-state index in [0.29, 0.717) is 30.1 Å². The van der Waals surface area contributed by atoms with Crippen LogP contribution >= 0.6 is 11.3 Å². The molecular weight excluding hydrogens is 254 g/mol. The summed E-state index contributed by atoms with van der Waals surface area (Å²) in [6.07, 6.45) is 6.72. The summed E-state index contributed by atoms with van der Waals surface area (Å²) in [7, 11) is 0. The van der Waals surface area contributed by atoms with Crippen molar-refractivity contribution in [2.75, 3.05) is 0 Å². The van der Waals surface area contributed by atoms with Gasteiger partial charge in [-0.3, -0.25) is 4.79 Å². The minimum atomic E-state index is 0.331. The number of hydrogen-bond donors (Lipinski definition) is 1. The van der Waals surface area contributed by atoms with E-state index in [1.165, 1.54) is 32.1 Å². The quantitative estimate of drug-likeness (QED) is 0.858. The van der Waals surface area contributed by atoms with Crippen LogP contribution in [0.3, 0.4) is 0 Å². The van der Waals surface area contributed by atoms with Gasteiger partial charge in [0.1, 0.15) is 0 Å². The first kappa shape index (κ1) is 12.1. The predicted molar refractivity (Wildman–Crippen MR) is 77.1 cm³/mol. The summed E-state index contributed by atoms with van der Waals surface area (Å²) in [6, 6.07) is 2.03. The molecule has 0 aromatic carbocycles. The molecule has 0 spiro atoms. The van der Waals surface area contributed by atoms with Crippen molar-refractivity contribution in [2.24, 2.45) is 35.3 Å². The molecule has 4 bridgehead atoms. The van der Waals surface area contributed by atoms with E-state index in [4.69, 9.17) is 5.73 Å². The van der Waals surface area contributed by atoms with Crippen LogP contribution < -0.4 is 5.73 Å². The maximum atomic E-state index is 12.8. The molecule has 3 heteroatoms. The topological polar surface area (TPSA) is 43.1 Å². The van der Waals surface area contributed by atoms with Gasteiger partial charge in [-0.15, -0.1) is 11.3 Å². The zero-order chi connectivity index (χ0) is 13.0. The molecule has 102 valence electrons. The minimum Gasteiger partial charge on any atom is -0.326 e. The average Bonchev–Trinajstić information content (AvgIpc) is 2.86. The molecule has 0 aliphatic heterocycles. The fraction of sp³-hybridized carbons (Fsp3) is 0.688. The average molecular weight is 275 g/mol. The van der Waals surface area contributed by atoms with Crippen LogP contribution in [0.2, 0.25) is 0 Å². The summed E-state index contributed by atoms with van der Waals surface area (Å²) in [5.41, 5.74) is 6.76. The van der Waals surface area contributed by atoms with E-state index >= 15 is 0 Å². The Bertz CT molecular complexity index is 479.